The molecule has 0 saturated heterocycles. The Morgan fingerprint density at radius 1 is 1.26 bits per heavy atom. The highest BCUT2D eigenvalue weighted by Gasteiger charge is 2.32. The molecule has 1 aromatic heterocycles. The average Bonchev–Trinajstić information content (AvgIpc) is 3.42. The van der Waals surface area contributed by atoms with Crippen LogP contribution in [-0.2, 0) is 16.2 Å². The molecule has 1 aliphatic heterocycles. The van der Waals surface area contributed by atoms with Crippen LogP contribution >= 0.6 is 11.6 Å². The number of aromatic nitrogens is 2. The normalized spacial score (nSPS) is 14.8. The summed E-state index contributed by atoms with van der Waals surface area (Å²) in [5.41, 5.74) is 3.43. The molecule has 206 valence electrons. The number of rotatable bonds is 10. The number of alkyl halides is 3. The SMILES string of the molecule is CC1C=C(CN(C)C(=O)c2c(NC=O)nc(Oc3cccc(OC(F)(F)F)c3)n2Cc2ccc(Cl)cc2)ON1. The molecule has 3 aromatic rings. The molecular weight excluding hydrogens is 543 g/mol. The molecule has 0 radical (unpaired) electrons. The molecule has 1 aliphatic rings. The van der Waals surface area contributed by atoms with Gasteiger partial charge in [0.25, 0.3) is 5.91 Å². The lowest BCUT2D eigenvalue weighted by atomic mass is 10.2. The van der Waals surface area contributed by atoms with Crippen LogP contribution in [0.1, 0.15) is 23.0 Å². The maximum Gasteiger partial charge on any atom is 0.573 e. The number of halogens is 4. The maximum atomic E-state index is 13.6. The van der Waals surface area contributed by atoms with E-state index in [2.05, 4.69) is 20.5 Å². The first-order chi connectivity index (χ1) is 18.5. The Labute approximate surface area is 225 Å². The molecule has 4 rings (SSSR count). The predicted octanol–water partition coefficient (Wildman–Crippen LogP) is 4.72. The minimum absolute atomic E-state index is 0.0307. The molecule has 2 amide bonds. The fourth-order valence-corrected chi connectivity index (χ4v) is 3.86. The first kappa shape index (κ1) is 27.8. The Morgan fingerprint density at radius 3 is 2.62 bits per heavy atom. The van der Waals surface area contributed by atoms with Gasteiger partial charge in [-0.2, -0.15) is 10.5 Å². The lowest BCUT2D eigenvalue weighted by Crippen LogP contribution is -2.32. The number of hydrogen-bond acceptors (Lipinski definition) is 7. The Kier molecular flexibility index (Phi) is 8.31. The van der Waals surface area contributed by atoms with Crippen molar-refractivity contribution in [2.24, 2.45) is 0 Å². The van der Waals surface area contributed by atoms with Gasteiger partial charge in [-0.3, -0.25) is 14.2 Å². The average molecular weight is 566 g/mol. The molecule has 1 atom stereocenters. The molecule has 10 nitrogen and oxygen atoms in total. The van der Waals surface area contributed by atoms with E-state index < -0.39 is 18.0 Å². The molecule has 0 aliphatic carbocycles. The lowest BCUT2D eigenvalue weighted by molar-refractivity contribution is -0.274. The fraction of sp³-hybridized carbons (Fsp3) is 0.240. The van der Waals surface area contributed by atoms with Gasteiger partial charge in [0, 0.05) is 18.1 Å². The molecule has 0 bridgehead atoms. The molecule has 0 saturated carbocycles. The number of benzene rings is 2. The van der Waals surface area contributed by atoms with Crippen molar-refractivity contribution in [3.63, 3.8) is 0 Å². The van der Waals surface area contributed by atoms with Crippen molar-refractivity contribution in [1.29, 1.82) is 0 Å². The van der Waals surface area contributed by atoms with Crippen LogP contribution in [0, 0.1) is 0 Å². The number of ether oxygens (including phenoxy) is 2. The second kappa shape index (κ2) is 11.7. The summed E-state index contributed by atoms with van der Waals surface area (Å²) < 4.78 is 49.3. The number of likely N-dealkylation sites (N-methyl/N-ethyl adjacent to an activating group) is 1. The zero-order valence-corrected chi connectivity index (χ0v) is 21.4. The summed E-state index contributed by atoms with van der Waals surface area (Å²) in [5.74, 6) is -0.681. The van der Waals surface area contributed by atoms with E-state index in [1.165, 1.54) is 28.6 Å². The van der Waals surface area contributed by atoms with Gasteiger partial charge >= 0.3 is 12.4 Å². The highest BCUT2D eigenvalue weighted by molar-refractivity contribution is 6.30. The van der Waals surface area contributed by atoms with Crippen LogP contribution in [0.4, 0.5) is 19.0 Å². The van der Waals surface area contributed by atoms with E-state index >= 15 is 0 Å². The third kappa shape index (κ3) is 7.21. The van der Waals surface area contributed by atoms with Gasteiger partial charge in [-0.25, -0.2) is 0 Å². The number of nitrogens with one attached hydrogen (secondary N) is 2. The van der Waals surface area contributed by atoms with Gasteiger partial charge < -0.3 is 24.5 Å². The standard InChI is InChI=1S/C25H23ClF3N5O5/c1-15-10-20(39-32-15)13-33(2)23(36)21-22(30-14-35)31-24(34(21)12-16-6-8-17(26)9-7-16)37-18-4-3-5-19(11-18)38-25(27,28)29/h3-11,14-15,32H,12-13H2,1-2H3,(H,30,35). The topological polar surface area (TPSA) is 107 Å². The van der Waals surface area contributed by atoms with Gasteiger partial charge in [0.15, 0.2) is 11.5 Å². The number of imidazole rings is 1. The number of nitrogens with zero attached hydrogens (tertiary/aromatic N) is 3. The van der Waals surface area contributed by atoms with E-state index in [-0.39, 0.29) is 42.4 Å². The number of hydrogen-bond donors (Lipinski definition) is 2. The second-order valence-electron chi connectivity index (χ2n) is 8.49. The van der Waals surface area contributed by atoms with Crippen LogP contribution in [0.3, 0.4) is 0 Å². The highest BCUT2D eigenvalue weighted by Crippen LogP contribution is 2.32. The monoisotopic (exact) mass is 565 g/mol. The van der Waals surface area contributed by atoms with Crippen molar-refractivity contribution in [1.82, 2.24) is 19.9 Å². The smallest absolute Gasteiger partial charge is 0.425 e. The Morgan fingerprint density at radius 2 is 1.97 bits per heavy atom. The summed E-state index contributed by atoms with van der Waals surface area (Å²) in [4.78, 5) is 36.0. The number of carbonyl (C=O) groups excluding carboxylic acids is 2. The van der Waals surface area contributed by atoms with Crippen LogP contribution in [0.2, 0.25) is 5.02 Å². The Bertz CT molecular complexity index is 1380. The Hall–Kier alpha value is -4.23. The zero-order valence-electron chi connectivity index (χ0n) is 20.7. The molecule has 0 fully saturated rings. The van der Waals surface area contributed by atoms with Crippen molar-refractivity contribution < 1.29 is 37.1 Å². The molecule has 2 N–H and O–H groups in total. The van der Waals surface area contributed by atoms with E-state index in [0.29, 0.717) is 22.8 Å². The van der Waals surface area contributed by atoms with Crippen molar-refractivity contribution in [2.45, 2.75) is 25.9 Å². The molecule has 2 aromatic carbocycles. The maximum absolute atomic E-state index is 13.6. The van der Waals surface area contributed by atoms with Gasteiger partial charge in [0.2, 0.25) is 6.41 Å². The van der Waals surface area contributed by atoms with Crippen molar-refractivity contribution in [2.75, 3.05) is 18.9 Å². The number of amides is 2. The van der Waals surface area contributed by atoms with Crippen LogP contribution in [0.25, 0.3) is 0 Å². The zero-order chi connectivity index (χ0) is 28.2. The van der Waals surface area contributed by atoms with E-state index in [1.54, 1.807) is 24.3 Å². The van der Waals surface area contributed by atoms with E-state index in [1.807, 2.05) is 13.0 Å². The molecular formula is C25H23ClF3N5O5. The van der Waals surface area contributed by atoms with E-state index in [4.69, 9.17) is 21.2 Å². The number of hydroxylamine groups is 1. The first-order valence-corrected chi connectivity index (χ1v) is 11.9. The van der Waals surface area contributed by atoms with Crippen molar-refractivity contribution in [3.8, 4) is 17.5 Å². The minimum atomic E-state index is -4.90. The summed E-state index contributed by atoms with van der Waals surface area (Å²) in [5, 5.41) is 2.90. The summed E-state index contributed by atoms with van der Waals surface area (Å²) in [7, 11) is 1.54. The summed E-state index contributed by atoms with van der Waals surface area (Å²) in [6.07, 6.45) is -2.74. The summed E-state index contributed by atoms with van der Waals surface area (Å²) in [6.45, 7) is 2.03. The Balaban J connectivity index is 1.73. The second-order valence-corrected chi connectivity index (χ2v) is 8.93. The van der Waals surface area contributed by atoms with E-state index in [0.717, 1.165) is 12.1 Å². The molecule has 0 spiro atoms. The first-order valence-electron chi connectivity index (χ1n) is 11.5. The third-order valence-corrected chi connectivity index (χ3v) is 5.64. The number of anilines is 1. The van der Waals surface area contributed by atoms with Crippen LogP contribution in [0.5, 0.6) is 17.5 Å². The number of carbonyl (C=O) groups is 2. The fourth-order valence-electron chi connectivity index (χ4n) is 3.73. The quantitative estimate of drug-likeness (QED) is 0.343. The molecule has 2 heterocycles. The van der Waals surface area contributed by atoms with Gasteiger partial charge in [0.1, 0.15) is 17.3 Å². The van der Waals surface area contributed by atoms with Gasteiger partial charge in [0.05, 0.1) is 19.1 Å². The van der Waals surface area contributed by atoms with Gasteiger partial charge in [-0.05, 0) is 42.8 Å². The highest BCUT2D eigenvalue weighted by atomic mass is 35.5. The molecule has 14 heteroatoms. The molecule has 1 unspecified atom stereocenters. The van der Waals surface area contributed by atoms with Crippen LogP contribution in [0.15, 0.2) is 60.4 Å². The van der Waals surface area contributed by atoms with Gasteiger partial charge in [-0.15, -0.1) is 13.2 Å². The van der Waals surface area contributed by atoms with Crippen LogP contribution < -0.4 is 20.3 Å². The van der Waals surface area contributed by atoms with Gasteiger partial charge in [-0.1, -0.05) is 29.8 Å². The van der Waals surface area contributed by atoms with Crippen molar-refractivity contribution in [3.05, 3.63) is 76.6 Å². The minimum Gasteiger partial charge on any atom is -0.425 e. The third-order valence-electron chi connectivity index (χ3n) is 5.38. The summed E-state index contributed by atoms with van der Waals surface area (Å²) in [6, 6.07) is 11.4. The van der Waals surface area contributed by atoms with Crippen molar-refractivity contribution >= 4 is 29.7 Å². The van der Waals surface area contributed by atoms with Crippen LogP contribution in [-0.4, -0.2) is 52.8 Å². The molecule has 39 heavy (non-hydrogen) atoms. The van der Waals surface area contributed by atoms with E-state index in [9.17, 15) is 22.8 Å². The largest absolute Gasteiger partial charge is 0.573 e. The lowest BCUT2D eigenvalue weighted by Gasteiger charge is -2.19. The summed E-state index contributed by atoms with van der Waals surface area (Å²) >= 11 is 6.01. The predicted molar refractivity (Wildman–Crippen MR) is 134 cm³/mol.